The van der Waals surface area contributed by atoms with Gasteiger partial charge in [-0.25, -0.2) is 8.42 Å². The molecular formula is C14H27ClO3S. The average molecular weight is 311 g/mol. The summed E-state index contributed by atoms with van der Waals surface area (Å²) in [5, 5.41) is 0. The first-order valence-corrected chi connectivity index (χ1v) is 9.98. The normalized spacial score (nSPS) is 26.3. The summed E-state index contributed by atoms with van der Waals surface area (Å²) in [6.07, 6.45) is 8.17. The van der Waals surface area contributed by atoms with Crippen molar-refractivity contribution in [1.29, 1.82) is 0 Å². The van der Waals surface area contributed by atoms with Gasteiger partial charge in [-0.2, -0.15) is 0 Å². The van der Waals surface area contributed by atoms with Gasteiger partial charge in [0.1, 0.15) is 0 Å². The molecule has 0 radical (unpaired) electrons. The summed E-state index contributed by atoms with van der Waals surface area (Å²) in [5.41, 5.74) is 0. The predicted octanol–water partition coefficient (Wildman–Crippen LogP) is 3.96. The van der Waals surface area contributed by atoms with Crippen molar-refractivity contribution in [2.75, 3.05) is 12.4 Å². The van der Waals surface area contributed by atoms with Crippen molar-refractivity contribution in [2.24, 2.45) is 11.8 Å². The highest BCUT2D eigenvalue weighted by Crippen LogP contribution is 2.29. The van der Waals surface area contributed by atoms with Crippen molar-refractivity contribution in [3.05, 3.63) is 0 Å². The number of rotatable bonds is 8. The first kappa shape index (κ1) is 17.3. The van der Waals surface area contributed by atoms with E-state index in [4.69, 9.17) is 15.4 Å². The number of hydrogen-bond donors (Lipinski definition) is 0. The van der Waals surface area contributed by atoms with E-state index in [9.17, 15) is 8.42 Å². The Morgan fingerprint density at radius 2 is 1.95 bits per heavy atom. The van der Waals surface area contributed by atoms with E-state index in [0.29, 0.717) is 18.6 Å². The minimum atomic E-state index is -3.43. The molecular weight excluding hydrogens is 284 g/mol. The van der Waals surface area contributed by atoms with Crippen LogP contribution in [0, 0.1) is 11.8 Å². The largest absolute Gasteiger partial charge is 0.378 e. The zero-order chi connectivity index (χ0) is 14.3. The van der Waals surface area contributed by atoms with Crippen molar-refractivity contribution in [1.82, 2.24) is 0 Å². The molecule has 1 saturated carbocycles. The molecule has 1 rings (SSSR count). The summed E-state index contributed by atoms with van der Waals surface area (Å²) in [6.45, 7) is 4.79. The fourth-order valence-corrected chi connectivity index (χ4v) is 4.38. The minimum Gasteiger partial charge on any atom is -0.378 e. The third kappa shape index (κ3) is 6.96. The molecule has 5 heteroatoms. The highest BCUT2D eigenvalue weighted by atomic mass is 35.7. The molecule has 0 aromatic carbocycles. The Morgan fingerprint density at radius 1 is 1.26 bits per heavy atom. The Balaban J connectivity index is 2.45. The van der Waals surface area contributed by atoms with Crippen LogP contribution in [0.25, 0.3) is 0 Å². The lowest BCUT2D eigenvalue weighted by atomic mass is 9.84. The monoisotopic (exact) mass is 310 g/mol. The van der Waals surface area contributed by atoms with Gasteiger partial charge in [0.25, 0.3) is 0 Å². The van der Waals surface area contributed by atoms with E-state index in [-0.39, 0.29) is 11.7 Å². The number of halogens is 1. The van der Waals surface area contributed by atoms with E-state index in [1.165, 1.54) is 19.3 Å². The molecule has 0 aliphatic heterocycles. The first-order chi connectivity index (χ1) is 8.96. The smallest absolute Gasteiger partial charge is 0.232 e. The van der Waals surface area contributed by atoms with E-state index in [1.807, 2.05) is 0 Å². The lowest BCUT2D eigenvalue weighted by molar-refractivity contribution is -0.0262. The average Bonchev–Trinajstić information content (AvgIpc) is 2.35. The number of hydrogen-bond acceptors (Lipinski definition) is 3. The van der Waals surface area contributed by atoms with Crippen LogP contribution in [-0.2, 0) is 13.8 Å². The van der Waals surface area contributed by atoms with Gasteiger partial charge in [0.15, 0.2) is 0 Å². The summed E-state index contributed by atoms with van der Waals surface area (Å²) in [6, 6.07) is 0. The van der Waals surface area contributed by atoms with E-state index in [0.717, 1.165) is 25.7 Å². The summed E-state index contributed by atoms with van der Waals surface area (Å²) in [4.78, 5) is 0. The SMILES string of the molecule is CCCC(COC1CCCCC1CC)CS(=O)(=O)Cl. The lowest BCUT2D eigenvalue weighted by Crippen LogP contribution is -2.30. The van der Waals surface area contributed by atoms with E-state index in [2.05, 4.69) is 13.8 Å². The molecule has 1 fully saturated rings. The molecule has 19 heavy (non-hydrogen) atoms. The van der Waals surface area contributed by atoms with Gasteiger partial charge in [-0.1, -0.05) is 39.5 Å². The molecule has 0 spiro atoms. The Labute approximate surface area is 122 Å². The van der Waals surface area contributed by atoms with Gasteiger partial charge in [0, 0.05) is 10.7 Å². The molecule has 3 unspecified atom stereocenters. The molecule has 0 N–H and O–H groups in total. The topological polar surface area (TPSA) is 43.4 Å². The van der Waals surface area contributed by atoms with E-state index >= 15 is 0 Å². The molecule has 0 heterocycles. The molecule has 1 aliphatic carbocycles. The van der Waals surface area contributed by atoms with Crippen LogP contribution in [0.2, 0.25) is 0 Å². The third-order valence-corrected chi connectivity index (χ3v) is 5.29. The van der Waals surface area contributed by atoms with Crippen LogP contribution in [-0.4, -0.2) is 26.9 Å². The van der Waals surface area contributed by atoms with Gasteiger partial charge in [0.05, 0.1) is 18.5 Å². The summed E-state index contributed by atoms with van der Waals surface area (Å²) < 4.78 is 28.4. The Morgan fingerprint density at radius 3 is 2.53 bits per heavy atom. The Bertz CT molecular complexity index is 343. The molecule has 3 atom stereocenters. The molecule has 0 aromatic rings. The molecule has 0 amide bonds. The van der Waals surface area contributed by atoms with Crippen LogP contribution in [0.4, 0.5) is 0 Å². The summed E-state index contributed by atoms with van der Waals surface area (Å²) >= 11 is 0. The van der Waals surface area contributed by atoms with Crippen molar-refractivity contribution in [2.45, 2.75) is 64.9 Å². The van der Waals surface area contributed by atoms with Gasteiger partial charge >= 0.3 is 0 Å². The molecule has 114 valence electrons. The molecule has 3 nitrogen and oxygen atoms in total. The van der Waals surface area contributed by atoms with Crippen molar-refractivity contribution >= 4 is 19.7 Å². The van der Waals surface area contributed by atoms with Gasteiger partial charge in [-0.05, 0) is 31.1 Å². The predicted molar refractivity (Wildman–Crippen MR) is 80.0 cm³/mol. The Hall–Kier alpha value is 0.200. The molecule has 0 bridgehead atoms. The van der Waals surface area contributed by atoms with Crippen molar-refractivity contribution in [3.63, 3.8) is 0 Å². The van der Waals surface area contributed by atoms with Crippen LogP contribution >= 0.6 is 10.7 Å². The van der Waals surface area contributed by atoms with Gasteiger partial charge < -0.3 is 4.74 Å². The molecule has 0 aromatic heterocycles. The zero-order valence-corrected chi connectivity index (χ0v) is 13.7. The lowest BCUT2D eigenvalue weighted by Gasteiger charge is -2.32. The molecule has 1 aliphatic rings. The highest BCUT2D eigenvalue weighted by Gasteiger charge is 2.26. The van der Waals surface area contributed by atoms with E-state index < -0.39 is 9.05 Å². The molecule has 0 saturated heterocycles. The maximum Gasteiger partial charge on any atom is 0.232 e. The third-order valence-electron chi connectivity index (χ3n) is 4.04. The second-order valence-electron chi connectivity index (χ2n) is 5.68. The van der Waals surface area contributed by atoms with Crippen LogP contribution < -0.4 is 0 Å². The summed E-state index contributed by atoms with van der Waals surface area (Å²) in [7, 11) is 1.93. The van der Waals surface area contributed by atoms with Gasteiger partial charge in [-0.15, -0.1) is 0 Å². The maximum absolute atomic E-state index is 11.2. The zero-order valence-electron chi connectivity index (χ0n) is 12.1. The first-order valence-electron chi connectivity index (χ1n) is 7.50. The quantitative estimate of drug-likeness (QED) is 0.637. The van der Waals surface area contributed by atoms with Gasteiger partial charge in [0.2, 0.25) is 9.05 Å². The van der Waals surface area contributed by atoms with Crippen LogP contribution in [0.15, 0.2) is 0 Å². The fourth-order valence-electron chi connectivity index (χ4n) is 3.02. The second kappa shape index (κ2) is 8.48. The van der Waals surface area contributed by atoms with E-state index in [1.54, 1.807) is 0 Å². The number of ether oxygens (including phenoxy) is 1. The standard InChI is InChI=1S/C14H27ClO3S/c1-3-7-12(11-19(15,16)17)10-18-14-9-6-5-8-13(14)4-2/h12-14H,3-11H2,1-2H3. The highest BCUT2D eigenvalue weighted by molar-refractivity contribution is 8.13. The second-order valence-corrected chi connectivity index (χ2v) is 8.51. The minimum absolute atomic E-state index is 0.0336. The van der Waals surface area contributed by atoms with Crippen LogP contribution in [0.5, 0.6) is 0 Å². The summed E-state index contributed by atoms with van der Waals surface area (Å²) in [5.74, 6) is 0.710. The fraction of sp³-hybridized carbons (Fsp3) is 1.00. The van der Waals surface area contributed by atoms with Crippen molar-refractivity contribution in [3.8, 4) is 0 Å². The van der Waals surface area contributed by atoms with Crippen molar-refractivity contribution < 1.29 is 13.2 Å². The van der Waals surface area contributed by atoms with Gasteiger partial charge in [-0.3, -0.25) is 0 Å². The van der Waals surface area contributed by atoms with Crippen LogP contribution in [0.3, 0.4) is 0 Å². The maximum atomic E-state index is 11.2. The van der Waals surface area contributed by atoms with Crippen LogP contribution in [0.1, 0.15) is 58.8 Å². The Kier molecular flexibility index (Phi) is 7.70.